The van der Waals surface area contributed by atoms with Gasteiger partial charge in [0, 0.05) is 33.4 Å². The number of aliphatic imine (C=N–C) groups is 1. The Labute approximate surface area is 199 Å². The molecule has 0 aliphatic heterocycles. The molecule has 2 rings (SSSR count). The molecule has 162 valence electrons. The first kappa shape index (κ1) is 26.0. The Morgan fingerprint density at radius 3 is 2.28 bits per heavy atom. The second kappa shape index (κ2) is 11.4. The van der Waals surface area contributed by atoms with Crippen LogP contribution in [-0.2, 0) is 30.2 Å². The predicted octanol–water partition coefficient (Wildman–Crippen LogP) is 3.46. The molecule has 0 amide bonds. The summed E-state index contributed by atoms with van der Waals surface area (Å²) < 4.78 is 27.3. The monoisotopic (exact) mass is 573 g/mol. The van der Waals surface area contributed by atoms with E-state index in [9.17, 15) is 8.42 Å². The van der Waals surface area contributed by atoms with Gasteiger partial charge in [-0.2, -0.15) is 0 Å². The lowest BCUT2D eigenvalue weighted by atomic mass is 10.2. The Balaban J connectivity index is 0.00000420. The van der Waals surface area contributed by atoms with E-state index in [2.05, 4.69) is 15.6 Å². The molecule has 0 aliphatic rings. The molecule has 0 atom stereocenters. The van der Waals surface area contributed by atoms with Crippen molar-refractivity contribution in [1.82, 2.24) is 19.5 Å². The zero-order valence-electron chi connectivity index (χ0n) is 16.7. The van der Waals surface area contributed by atoms with Gasteiger partial charge >= 0.3 is 0 Å². The van der Waals surface area contributed by atoms with E-state index in [4.69, 9.17) is 23.2 Å². The normalized spacial score (nSPS) is 12.0. The van der Waals surface area contributed by atoms with Crippen LogP contribution in [0.1, 0.15) is 18.2 Å². The van der Waals surface area contributed by atoms with Gasteiger partial charge in [0.05, 0.1) is 23.0 Å². The Morgan fingerprint density at radius 1 is 1.17 bits per heavy atom. The van der Waals surface area contributed by atoms with Crippen LogP contribution in [0.2, 0.25) is 10.2 Å². The van der Waals surface area contributed by atoms with Crippen LogP contribution in [0.25, 0.3) is 0 Å². The number of nitrogens with one attached hydrogen (secondary N) is 2. The van der Waals surface area contributed by atoms with Crippen LogP contribution in [0.5, 0.6) is 0 Å². The Hall–Kier alpha value is -1.01. The number of benzene rings is 1. The summed E-state index contributed by atoms with van der Waals surface area (Å²) in [5.74, 6) is 0.640. The molecule has 1 heterocycles. The van der Waals surface area contributed by atoms with Crippen molar-refractivity contribution in [3.63, 3.8) is 0 Å². The van der Waals surface area contributed by atoms with Gasteiger partial charge in [0.15, 0.2) is 5.96 Å². The predicted molar refractivity (Wildman–Crippen MR) is 130 cm³/mol. The maximum atomic E-state index is 12.1. The molecule has 2 N–H and O–H groups in total. The molecule has 0 saturated heterocycles. The number of aromatic nitrogens is 1. The lowest BCUT2D eigenvalue weighted by Crippen LogP contribution is -2.37. The molecule has 1 aromatic heterocycles. The molecular formula is C18H26Cl2IN5O2S. The van der Waals surface area contributed by atoms with E-state index in [1.165, 1.54) is 18.4 Å². The molecule has 7 nitrogen and oxygen atoms in total. The number of guanidine groups is 1. The minimum absolute atomic E-state index is 0. The van der Waals surface area contributed by atoms with Crippen molar-refractivity contribution < 1.29 is 8.42 Å². The number of rotatable bonds is 7. The maximum Gasteiger partial charge on any atom is 0.242 e. The van der Waals surface area contributed by atoms with Crippen molar-refractivity contribution in [3.05, 3.63) is 51.8 Å². The molecule has 0 bridgehead atoms. The van der Waals surface area contributed by atoms with E-state index in [1.807, 2.05) is 24.6 Å². The number of hydrogen-bond acceptors (Lipinski definition) is 3. The van der Waals surface area contributed by atoms with Crippen LogP contribution >= 0.6 is 47.2 Å². The fraction of sp³-hybridized carbons (Fsp3) is 0.389. The highest BCUT2D eigenvalue weighted by atomic mass is 127. The first-order valence-electron chi connectivity index (χ1n) is 8.70. The van der Waals surface area contributed by atoms with E-state index in [0.29, 0.717) is 35.8 Å². The third-order valence-corrected chi connectivity index (χ3v) is 6.79. The van der Waals surface area contributed by atoms with Gasteiger partial charge in [-0.05, 0) is 30.7 Å². The largest absolute Gasteiger partial charge is 0.357 e. The molecule has 0 unspecified atom stereocenters. The fourth-order valence-electron chi connectivity index (χ4n) is 2.42. The van der Waals surface area contributed by atoms with Gasteiger partial charge in [-0.25, -0.2) is 17.7 Å². The molecule has 29 heavy (non-hydrogen) atoms. The quantitative estimate of drug-likeness (QED) is 0.302. The molecule has 1 aromatic carbocycles. The van der Waals surface area contributed by atoms with E-state index < -0.39 is 10.0 Å². The van der Waals surface area contributed by atoms with Gasteiger partial charge in [-0.15, -0.1) is 24.0 Å². The molecular weight excluding hydrogens is 548 g/mol. The highest BCUT2D eigenvalue weighted by Crippen LogP contribution is 2.24. The summed E-state index contributed by atoms with van der Waals surface area (Å²) in [4.78, 5) is 4.80. The minimum Gasteiger partial charge on any atom is -0.357 e. The number of sulfonamides is 1. The zero-order chi connectivity index (χ0) is 20.9. The second-order valence-corrected chi connectivity index (χ2v) is 9.23. The van der Waals surface area contributed by atoms with Crippen LogP contribution < -0.4 is 10.6 Å². The Bertz CT molecular complexity index is 944. The average molecular weight is 574 g/mol. The third-order valence-electron chi connectivity index (χ3n) is 4.12. The second-order valence-electron chi connectivity index (χ2n) is 6.31. The summed E-state index contributed by atoms with van der Waals surface area (Å²) in [6.07, 6.45) is 0. The number of nitrogens with zero attached hydrogens (tertiary/aromatic N) is 3. The summed E-state index contributed by atoms with van der Waals surface area (Å²) in [6, 6.07) is 8.52. The first-order chi connectivity index (χ1) is 13.2. The smallest absolute Gasteiger partial charge is 0.242 e. The SMILES string of the molecule is CCNC(=NCc1ccc(S(=O)(=O)N(C)C)cc1)NCc1cc(Cl)c(Cl)n1C.I. The third kappa shape index (κ3) is 6.74. The van der Waals surface area contributed by atoms with Crippen LogP contribution in [0.4, 0.5) is 0 Å². The lowest BCUT2D eigenvalue weighted by Gasteiger charge is -2.13. The highest BCUT2D eigenvalue weighted by Gasteiger charge is 2.16. The number of halogens is 3. The summed E-state index contributed by atoms with van der Waals surface area (Å²) in [5.41, 5.74) is 1.83. The summed E-state index contributed by atoms with van der Waals surface area (Å²) in [7, 11) is 1.43. The minimum atomic E-state index is -3.43. The van der Waals surface area contributed by atoms with E-state index in [0.717, 1.165) is 11.3 Å². The first-order valence-corrected chi connectivity index (χ1v) is 10.9. The van der Waals surface area contributed by atoms with E-state index >= 15 is 0 Å². The van der Waals surface area contributed by atoms with Crippen LogP contribution in [0.15, 0.2) is 40.2 Å². The molecule has 0 radical (unpaired) electrons. The fourth-order valence-corrected chi connectivity index (χ4v) is 3.74. The van der Waals surface area contributed by atoms with Crippen molar-refractivity contribution >= 4 is 63.2 Å². The van der Waals surface area contributed by atoms with Crippen molar-refractivity contribution in [2.45, 2.75) is 24.9 Å². The van der Waals surface area contributed by atoms with Gasteiger partial charge in [0.25, 0.3) is 0 Å². The van der Waals surface area contributed by atoms with Crippen LogP contribution in [0.3, 0.4) is 0 Å². The topological polar surface area (TPSA) is 78.7 Å². The summed E-state index contributed by atoms with van der Waals surface area (Å²) in [5, 5.41) is 7.42. The van der Waals surface area contributed by atoms with Gasteiger partial charge in [-0.1, -0.05) is 35.3 Å². The maximum absolute atomic E-state index is 12.1. The summed E-state index contributed by atoms with van der Waals surface area (Å²) in [6.45, 7) is 3.61. The van der Waals surface area contributed by atoms with Gasteiger partial charge in [-0.3, -0.25) is 0 Å². The molecule has 0 fully saturated rings. The summed E-state index contributed by atoms with van der Waals surface area (Å²) >= 11 is 12.1. The van der Waals surface area contributed by atoms with Gasteiger partial charge in [0.1, 0.15) is 5.15 Å². The van der Waals surface area contributed by atoms with Crippen molar-refractivity contribution in [1.29, 1.82) is 0 Å². The Morgan fingerprint density at radius 2 is 1.79 bits per heavy atom. The highest BCUT2D eigenvalue weighted by molar-refractivity contribution is 14.0. The van der Waals surface area contributed by atoms with Crippen LogP contribution in [-0.4, -0.2) is 43.9 Å². The molecule has 2 aromatic rings. The molecule has 0 aliphatic carbocycles. The van der Waals surface area contributed by atoms with E-state index in [-0.39, 0.29) is 28.9 Å². The molecule has 11 heteroatoms. The van der Waals surface area contributed by atoms with Gasteiger partial charge in [0.2, 0.25) is 10.0 Å². The van der Waals surface area contributed by atoms with Crippen LogP contribution in [0, 0.1) is 0 Å². The average Bonchev–Trinajstić information content (AvgIpc) is 2.91. The van der Waals surface area contributed by atoms with Crippen molar-refractivity contribution in [2.24, 2.45) is 12.0 Å². The standard InChI is InChI=1S/C18H25Cl2N5O2S.HI/c1-5-21-18(23-12-14-10-16(19)17(20)25(14)4)22-11-13-6-8-15(9-7-13)28(26,27)24(2)3;/h6-10H,5,11-12H2,1-4H3,(H2,21,22,23);1H. The Kier molecular flexibility index (Phi) is 10.2. The molecule has 0 saturated carbocycles. The van der Waals surface area contributed by atoms with Crippen molar-refractivity contribution in [3.8, 4) is 0 Å². The van der Waals surface area contributed by atoms with E-state index in [1.54, 1.807) is 24.3 Å². The van der Waals surface area contributed by atoms with Crippen molar-refractivity contribution in [2.75, 3.05) is 20.6 Å². The lowest BCUT2D eigenvalue weighted by molar-refractivity contribution is 0.520. The zero-order valence-corrected chi connectivity index (χ0v) is 21.4. The number of hydrogen-bond donors (Lipinski definition) is 2. The van der Waals surface area contributed by atoms with Gasteiger partial charge < -0.3 is 15.2 Å². The molecule has 0 spiro atoms.